The fraction of sp³-hybridized carbons (Fsp3) is 0.667. The maximum atomic E-state index is 11.9. The summed E-state index contributed by atoms with van der Waals surface area (Å²) in [6, 6.07) is 6.31. The Morgan fingerprint density at radius 2 is 1.92 bits per heavy atom. The third-order valence-corrected chi connectivity index (χ3v) is 6.24. The van der Waals surface area contributed by atoms with Crippen molar-refractivity contribution in [3.8, 4) is 5.75 Å². The van der Waals surface area contributed by atoms with Crippen LogP contribution in [0.25, 0.3) is 0 Å². The molecule has 2 aliphatic rings. The summed E-state index contributed by atoms with van der Waals surface area (Å²) in [5.74, 6) is 0.815. The number of hydrogen-bond acceptors (Lipinski definition) is 4. The lowest BCUT2D eigenvalue weighted by atomic mass is 9.79. The number of benzene rings is 1. The highest BCUT2D eigenvalue weighted by atomic mass is 16.5. The zero-order valence-corrected chi connectivity index (χ0v) is 16.2. The molecule has 2 fully saturated rings. The molecule has 1 saturated carbocycles. The molecule has 1 amide bonds. The van der Waals surface area contributed by atoms with Crippen LogP contribution in [-0.2, 0) is 0 Å². The van der Waals surface area contributed by atoms with Gasteiger partial charge in [-0.1, -0.05) is 13.0 Å². The molecule has 1 aromatic carbocycles. The van der Waals surface area contributed by atoms with Crippen molar-refractivity contribution >= 4 is 5.91 Å². The lowest BCUT2D eigenvalue weighted by molar-refractivity contribution is 0.0997. The van der Waals surface area contributed by atoms with Gasteiger partial charge in [-0.25, -0.2) is 0 Å². The van der Waals surface area contributed by atoms with Crippen LogP contribution >= 0.6 is 0 Å². The van der Waals surface area contributed by atoms with Gasteiger partial charge >= 0.3 is 0 Å². The first-order chi connectivity index (χ1) is 12.6. The van der Waals surface area contributed by atoms with Gasteiger partial charge in [0, 0.05) is 30.3 Å². The summed E-state index contributed by atoms with van der Waals surface area (Å²) in [6.07, 6.45) is 5.84. The molecule has 5 heteroatoms. The van der Waals surface area contributed by atoms with E-state index in [0.29, 0.717) is 17.5 Å². The van der Waals surface area contributed by atoms with Crippen molar-refractivity contribution in [2.24, 2.45) is 5.73 Å². The molecule has 0 aromatic heterocycles. The van der Waals surface area contributed by atoms with E-state index in [2.05, 4.69) is 16.7 Å². The molecular formula is C21H33N3O2. The number of carbonyl (C=O) groups excluding carboxylic acids is 1. The van der Waals surface area contributed by atoms with Gasteiger partial charge in [-0.05, 0) is 69.8 Å². The van der Waals surface area contributed by atoms with Gasteiger partial charge in [0.1, 0.15) is 5.75 Å². The maximum absolute atomic E-state index is 11.9. The van der Waals surface area contributed by atoms with Gasteiger partial charge in [0.25, 0.3) is 0 Å². The highest BCUT2D eigenvalue weighted by Crippen LogP contribution is 2.40. The van der Waals surface area contributed by atoms with Gasteiger partial charge in [0.05, 0.1) is 7.11 Å². The first-order valence-electron chi connectivity index (χ1n) is 10.1. The Bertz CT molecular complexity index is 611. The number of carbonyl (C=O) groups is 1. The summed E-state index contributed by atoms with van der Waals surface area (Å²) in [5, 5.41) is 0. The summed E-state index contributed by atoms with van der Waals surface area (Å²) in [4.78, 5) is 17.1. The molecular weight excluding hydrogens is 326 g/mol. The van der Waals surface area contributed by atoms with E-state index >= 15 is 0 Å². The van der Waals surface area contributed by atoms with Crippen LogP contribution in [0.3, 0.4) is 0 Å². The molecule has 0 radical (unpaired) electrons. The molecule has 1 heterocycles. The van der Waals surface area contributed by atoms with Crippen LogP contribution in [0.4, 0.5) is 0 Å². The molecule has 1 saturated heterocycles. The molecule has 5 nitrogen and oxygen atoms in total. The van der Waals surface area contributed by atoms with Gasteiger partial charge in [0.15, 0.2) is 0 Å². The van der Waals surface area contributed by atoms with Crippen molar-refractivity contribution in [3.63, 3.8) is 0 Å². The van der Waals surface area contributed by atoms with Crippen molar-refractivity contribution in [3.05, 3.63) is 29.3 Å². The lowest BCUT2D eigenvalue weighted by Crippen LogP contribution is -2.40. The van der Waals surface area contributed by atoms with Crippen LogP contribution in [-0.4, -0.2) is 61.6 Å². The highest BCUT2D eigenvalue weighted by molar-refractivity contribution is 5.95. The summed E-state index contributed by atoms with van der Waals surface area (Å²) in [6.45, 7) is 8.23. The van der Waals surface area contributed by atoms with Crippen LogP contribution in [0.5, 0.6) is 5.75 Å². The monoisotopic (exact) mass is 359 g/mol. The van der Waals surface area contributed by atoms with E-state index in [9.17, 15) is 4.79 Å². The van der Waals surface area contributed by atoms with Crippen molar-refractivity contribution < 1.29 is 9.53 Å². The number of nitrogens with two attached hydrogens (primary N) is 1. The minimum atomic E-state index is -0.354. The summed E-state index contributed by atoms with van der Waals surface area (Å²) < 4.78 is 5.55. The van der Waals surface area contributed by atoms with Gasteiger partial charge in [0.2, 0.25) is 5.91 Å². The molecule has 2 N–H and O–H groups in total. The number of likely N-dealkylation sites (N-methyl/N-ethyl adjacent to an activating group) is 1. The summed E-state index contributed by atoms with van der Waals surface area (Å²) in [5.41, 5.74) is 7.27. The van der Waals surface area contributed by atoms with Crippen LogP contribution in [0.2, 0.25) is 0 Å². The third-order valence-electron chi connectivity index (χ3n) is 6.24. The minimum Gasteiger partial charge on any atom is -0.496 e. The average Bonchev–Trinajstić information content (AvgIpc) is 2.93. The van der Waals surface area contributed by atoms with E-state index in [1.165, 1.54) is 45.4 Å². The smallest absolute Gasteiger partial charge is 0.249 e. The van der Waals surface area contributed by atoms with Gasteiger partial charge in [-0.2, -0.15) is 0 Å². The second-order valence-corrected chi connectivity index (χ2v) is 7.61. The van der Waals surface area contributed by atoms with Crippen molar-refractivity contribution in [2.75, 3.05) is 39.8 Å². The van der Waals surface area contributed by atoms with Crippen molar-refractivity contribution in [1.82, 2.24) is 9.80 Å². The third kappa shape index (κ3) is 4.21. The zero-order chi connectivity index (χ0) is 18.5. The number of primary amides is 1. The molecule has 3 rings (SSSR count). The Hall–Kier alpha value is -1.59. The minimum absolute atomic E-state index is 0.354. The van der Waals surface area contributed by atoms with E-state index in [4.69, 9.17) is 10.5 Å². The first-order valence-corrected chi connectivity index (χ1v) is 10.1. The predicted molar refractivity (Wildman–Crippen MR) is 105 cm³/mol. The van der Waals surface area contributed by atoms with Gasteiger partial charge < -0.3 is 15.4 Å². The highest BCUT2D eigenvalue weighted by Gasteiger charge is 2.30. The van der Waals surface area contributed by atoms with Crippen molar-refractivity contribution in [1.29, 1.82) is 0 Å². The second-order valence-electron chi connectivity index (χ2n) is 7.61. The van der Waals surface area contributed by atoms with Crippen LogP contribution in [0, 0.1) is 0 Å². The standard InChI is InChI=1S/C21H33N3O2/c1-3-23-12-5-13-24(15-14-23)17-10-8-16(9-11-17)20-18(21(22)25)6-4-7-19(20)26-2/h4,6-7,16-17H,3,5,8-15H2,1-2H3,(H2,22,25). The summed E-state index contributed by atoms with van der Waals surface area (Å²) in [7, 11) is 1.67. The fourth-order valence-electron chi connectivity index (χ4n) is 4.76. The molecule has 1 aliphatic carbocycles. The number of amides is 1. The number of rotatable bonds is 5. The SMILES string of the molecule is CCN1CCCN(C2CCC(c3c(OC)cccc3C(N)=O)CC2)CC1. The lowest BCUT2D eigenvalue weighted by Gasteiger charge is -2.37. The predicted octanol–water partition coefficient (Wildman–Crippen LogP) is 2.85. The number of ether oxygens (including phenoxy) is 1. The topological polar surface area (TPSA) is 58.8 Å². The Morgan fingerprint density at radius 3 is 2.58 bits per heavy atom. The molecule has 26 heavy (non-hydrogen) atoms. The maximum Gasteiger partial charge on any atom is 0.249 e. The van der Waals surface area contributed by atoms with Crippen LogP contribution in [0.1, 0.15) is 60.9 Å². The number of nitrogens with zero attached hydrogens (tertiary/aromatic N) is 2. The Labute approximate surface area is 157 Å². The largest absolute Gasteiger partial charge is 0.496 e. The fourth-order valence-corrected chi connectivity index (χ4v) is 4.76. The Kier molecular flexibility index (Phi) is 6.54. The molecule has 1 aromatic rings. The molecule has 0 spiro atoms. The van der Waals surface area contributed by atoms with Gasteiger partial charge in [-0.3, -0.25) is 9.69 Å². The van der Waals surface area contributed by atoms with E-state index < -0.39 is 0 Å². The number of hydrogen-bond donors (Lipinski definition) is 1. The van der Waals surface area contributed by atoms with Crippen molar-refractivity contribution in [2.45, 2.75) is 51.0 Å². The normalized spacial score (nSPS) is 25.6. The van der Waals surface area contributed by atoms with Crippen LogP contribution in [0.15, 0.2) is 18.2 Å². The van der Waals surface area contributed by atoms with Gasteiger partial charge in [-0.15, -0.1) is 0 Å². The first kappa shape index (κ1) is 19.2. The molecule has 0 atom stereocenters. The van der Waals surface area contributed by atoms with Crippen LogP contribution < -0.4 is 10.5 Å². The molecule has 144 valence electrons. The molecule has 0 unspecified atom stereocenters. The quantitative estimate of drug-likeness (QED) is 0.878. The molecule has 0 bridgehead atoms. The Balaban J connectivity index is 1.67. The average molecular weight is 360 g/mol. The summed E-state index contributed by atoms with van der Waals surface area (Å²) >= 11 is 0. The molecule has 1 aliphatic heterocycles. The second kappa shape index (κ2) is 8.87. The number of methoxy groups -OCH3 is 1. The van der Waals surface area contributed by atoms with E-state index in [1.807, 2.05) is 18.2 Å². The Morgan fingerprint density at radius 1 is 1.15 bits per heavy atom. The van der Waals surface area contributed by atoms with E-state index in [-0.39, 0.29) is 5.91 Å². The van der Waals surface area contributed by atoms with E-state index in [1.54, 1.807) is 7.11 Å². The zero-order valence-electron chi connectivity index (χ0n) is 16.2. The van der Waals surface area contributed by atoms with E-state index in [0.717, 1.165) is 30.7 Å².